The fourth-order valence-corrected chi connectivity index (χ4v) is 0.185. The largest absolute Gasteiger partial charge is 0.392 e. The van der Waals surface area contributed by atoms with Gasteiger partial charge in [0.15, 0.2) is 0 Å². The number of nitrogens with one attached hydrogen (secondary N) is 1. The van der Waals surface area contributed by atoms with Crippen LogP contribution >= 0.6 is 0 Å². The topological polar surface area (TPSA) is 55.1 Å². The predicted octanol–water partition coefficient (Wildman–Crippen LogP) is -0.117. The Morgan fingerprint density at radius 3 is 2.11 bits per heavy atom. The number of hydrogen-bond acceptors (Lipinski definition) is 3. The number of carbonyl (C=O) groups is 1. The van der Waals surface area contributed by atoms with Crippen molar-refractivity contribution in [3.8, 4) is 0 Å². The van der Waals surface area contributed by atoms with Crippen LogP contribution in [0.25, 0.3) is 0 Å². The summed E-state index contributed by atoms with van der Waals surface area (Å²) in [5.74, 6) is 0. The summed E-state index contributed by atoms with van der Waals surface area (Å²) in [7, 11) is 3.27. The Labute approximate surface area is 55.9 Å². The van der Waals surface area contributed by atoms with Gasteiger partial charge in [-0.3, -0.25) is 4.79 Å². The van der Waals surface area contributed by atoms with Gasteiger partial charge in [0.1, 0.15) is 6.29 Å². The predicted molar refractivity (Wildman–Crippen MR) is 39.0 cm³/mol. The molecule has 3 N–H and O–H groups in total. The first-order valence-corrected chi connectivity index (χ1v) is 2.69. The zero-order valence-electron chi connectivity index (χ0n) is 6.14. The normalized spacial score (nSPS) is 9.11. The number of allylic oxidation sites excluding steroid dienone is 2. The van der Waals surface area contributed by atoms with E-state index in [2.05, 4.69) is 11.1 Å². The second-order valence-electron chi connectivity index (χ2n) is 1.24. The quantitative estimate of drug-likeness (QED) is 0.405. The minimum atomic E-state index is 0.756. The number of nitrogens with two attached hydrogens (primary N) is 1. The molecule has 9 heavy (non-hydrogen) atoms. The van der Waals surface area contributed by atoms with Crippen molar-refractivity contribution in [2.75, 3.05) is 14.1 Å². The summed E-state index contributed by atoms with van der Waals surface area (Å²) in [5.41, 5.74) is 5.38. The molecule has 0 amide bonds. The van der Waals surface area contributed by atoms with E-state index in [0.717, 1.165) is 12.0 Å². The van der Waals surface area contributed by atoms with Gasteiger partial charge in [-0.2, -0.15) is 0 Å². The highest BCUT2D eigenvalue weighted by molar-refractivity contribution is 5.65. The molecular weight excluding hydrogens is 116 g/mol. The molecule has 0 bridgehead atoms. The lowest BCUT2D eigenvalue weighted by molar-refractivity contribution is -0.104. The van der Waals surface area contributed by atoms with Gasteiger partial charge in [0, 0.05) is 12.7 Å². The molecule has 0 unspecified atom stereocenters. The maximum Gasteiger partial charge on any atom is 0.144 e. The fourth-order valence-electron chi connectivity index (χ4n) is 0.185. The average molecular weight is 130 g/mol. The molecule has 0 heterocycles. The minimum absolute atomic E-state index is 0.756. The number of aldehydes is 1. The third kappa shape index (κ3) is 11.0. The Hall–Kier alpha value is -0.830. The molecule has 0 atom stereocenters. The van der Waals surface area contributed by atoms with E-state index >= 15 is 0 Å². The summed E-state index contributed by atoms with van der Waals surface area (Å²) < 4.78 is 0. The maximum atomic E-state index is 9.66. The van der Waals surface area contributed by atoms with E-state index in [1.165, 1.54) is 13.1 Å². The van der Waals surface area contributed by atoms with E-state index in [0.29, 0.717) is 0 Å². The van der Waals surface area contributed by atoms with Gasteiger partial charge in [0.05, 0.1) is 0 Å². The Morgan fingerprint density at radius 2 is 2.00 bits per heavy atom. The van der Waals surface area contributed by atoms with E-state index in [4.69, 9.17) is 0 Å². The van der Waals surface area contributed by atoms with Gasteiger partial charge < -0.3 is 11.1 Å². The molecule has 0 aromatic carbocycles. The van der Waals surface area contributed by atoms with Gasteiger partial charge in [0.2, 0.25) is 0 Å². The van der Waals surface area contributed by atoms with E-state index in [1.807, 2.05) is 6.92 Å². The first kappa shape index (κ1) is 11.0. The third-order valence-corrected chi connectivity index (χ3v) is 0.712. The number of carbonyl (C=O) groups excluding carboxylic acids is 1. The van der Waals surface area contributed by atoms with Gasteiger partial charge in [0.25, 0.3) is 0 Å². The summed E-state index contributed by atoms with van der Waals surface area (Å²) in [6.07, 6.45) is 2.23. The molecule has 0 fully saturated rings. The number of hydrogen-bond donors (Lipinski definition) is 2. The van der Waals surface area contributed by atoms with E-state index in [1.54, 1.807) is 7.05 Å². The molecule has 0 saturated heterocycles. The smallest absolute Gasteiger partial charge is 0.144 e. The van der Waals surface area contributed by atoms with Crippen molar-refractivity contribution in [1.29, 1.82) is 0 Å². The van der Waals surface area contributed by atoms with Crippen LogP contribution in [-0.2, 0) is 4.79 Å². The molecule has 0 rings (SSSR count). The number of rotatable bonds is 2. The summed E-state index contributed by atoms with van der Waals surface area (Å²) in [6, 6.07) is 0. The zero-order valence-corrected chi connectivity index (χ0v) is 6.14. The van der Waals surface area contributed by atoms with Gasteiger partial charge in [-0.25, -0.2) is 0 Å². The molecule has 3 nitrogen and oxygen atoms in total. The highest BCUT2D eigenvalue weighted by Crippen LogP contribution is 1.76. The Kier molecular flexibility index (Phi) is 12.5. The van der Waals surface area contributed by atoms with Crippen molar-refractivity contribution < 1.29 is 4.79 Å². The van der Waals surface area contributed by atoms with Crippen molar-refractivity contribution >= 4 is 6.29 Å². The Balaban J connectivity index is 0. The second kappa shape index (κ2) is 10.2. The molecule has 0 aliphatic carbocycles. The molecule has 0 aliphatic rings. The zero-order chi connectivity index (χ0) is 7.70. The van der Waals surface area contributed by atoms with E-state index < -0.39 is 0 Å². The molecule has 0 aromatic rings. The first-order valence-electron chi connectivity index (χ1n) is 2.69. The van der Waals surface area contributed by atoms with Crippen LogP contribution in [0.1, 0.15) is 6.92 Å². The van der Waals surface area contributed by atoms with Gasteiger partial charge in [-0.1, -0.05) is 0 Å². The van der Waals surface area contributed by atoms with Crippen LogP contribution in [0.2, 0.25) is 0 Å². The highest BCUT2D eigenvalue weighted by Gasteiger charge is 1.73. The molecule has 0 radical (unpaired) electrons. The van der Waals surface area contributed by atoms with Crippen LogP contribution in [-0.4, -0.2) is 20.4 Å². The Morgan fingerprint density at radius 1 is 1.56 bits per heavy atom. The summed E-state index contributed by atoms with van der Waals surface area (Å²) in [5, 5.41) is 2.80. The van der Waals surface area contributed by atoms with Crippen LogP contribution in [0.5, 0.6) is 0 Å². The van der Waals surface area contributed by atoms with Crippen LogP contribution in [0.3, 0.4) is 0 Å². The van der Waals surface area contributed by atoms with Crippen molar-refractivity contribution in [3.05, 3.63) is 11.8 Å². The molecule has 0 saturated carbocycles. The lowest BCUT2D eigenvalue weighted by Crippen LogP contribution is -2.00. The summed E-state index contributed by atoms with van der Waals surface area (Å²) >= 11 is 0. The molecule has 0 aliphatic heterocycles. The summed E-state index contributed by atoms with van der Waals surface area (Å²) in [4.78, 5) is 9.66. The minimum Gasteiger partial charge on any atom is -0.392 e. The van der Waals surface area contributed by atoms with Gasteiger partial charge in [-0.15, -0.1) is 0 Å². The highest BCUT2D eigenvalue weighted by atomic mass is 16.1. The van der Waals surface area contributed by atoms with Crippen LogP contribution in [0.4, 0.5) is 0 Å². The van der Waals surface area contributed by atoms with Crippen molar-refractivity contribution in [3.63, 3.8) is 0 Å². The average Bonchev–Trinajstić information content (AvgIpc) is 1.93. The monoisotopic (exact) mass is 130 g/mol. The first-order chi connectivity index (χ1) is 4.31. The van der Waals surface area contributed by atoms with Crippen LogP contribution in [0, 0.1) is 0 Å². The SMILES string of the molecule is CN.CN/C(C)=C\C=O. The van der Waals surface area contributed by atoms with Gasteiger partial charge >= 0.3 is 0 Å². The van der Waals surface area contributed by atoms with Crippen LogP contribution in [0.15, 0.2) is 11.8 Å². The van der Waals surface area contributed by atoms with Crippen molar-refractivity contribution in [2.24, 2.45) is 5.73 Å². The fraction of sp³-hybridized carbons (Fsp3) is 0.500. The third-order valence-electron chi connectivity index (χ3n) is 0.712. The standard InChI is InChI=1S/C5H9NO.CH5N/c1-5(6-2)3-4-7;1-2/h3-4,6H,1-2H3;2H2,1H3/b5-3-;. The lowest BCUT2D eigenvalue weighted by Gasteiger charge is -1.91. The van der Waals surface area contributed by atoms with Crippen LogP contribution < -0.4 is 11.1 Å². The molecule has 3 heteroatoms. The van der Waals surface area contributed by atoms with E-state index in [-0.39, 0.29) is 0 Å². The molecule has 0 spiro atoms. The molecule has 54 valence electrons. The summed E-state index contributed by atoms with van der Waals surface area (Å²) in [6.45, 7) is 1.83. The molecule has 0 aromatic heterocycles. The van der Waals surface area contributed by atoms with Crippen molar-refractivity contribution in [1.82, 2.24) is 5.32 Å². The maximum absolute atomic E-state index is 9.66. The van der Waals surface area contributed by atoms with Gasteiger partial charge in [-0.05, 0) is 20.0 Å². The second-order valence-corrected chi connectivity index (χ2v) is 1.24. The van der Waals surface area contributed by atoms with Crippen molar-refractivity contribution in [2.45, 2.75) is 6.92 Å². The molecular formula is C6H14N2O. The Bertz CT molecular complexity index is 89.1. The van der Waals surface area contributed by atoms with E-state index in [9.17, 15) is 4.79 Å². The lowest BCUT2D eigenvalue weighted by atomic mass is 10.5.